The summed E-state index contributed by atoms with van der Waals surface area (Å²) in [5.74, 6) is 1.54. The topological polar surface area (TPSA) is 34.2 Å². The number of ether oxygens (including phenoxy) is 3. The van der Waals surface area contributed by atoms with Crippen LogP contribution in [0.2, 0.25) is 0 Å². The van der Waals surface area contributed by atoms with Gasteiger partial charge in [-0.1, -0.05) is 24.8 Å². The van der Waals surface area contributed by atoms with Crippen molar-refractivity contribution in [2.24, 2.45) is 0 Å². The molecular weight excluding hydrogens is 364 g/mol. The fraction of sp³-hybridized carbons (Fsp3) is 0.417. The van der Waals surface area contributed by atoms with Crippen molar-refractivity contribution in [2.45, 2.75) is 32.0 Å². The number of anilines is 1. The fourth-order valence-electron chi connectivity index (χ4n) is 4.37. The van der Waals surface area contributed by atoms with Crippen LogP contribution in [0.15, 0.2) is 43.0 Å². The van der Waals surface area contributed by atoms with Crippen LogP contribution in [0.5, 0.6) is 11.5 Å². The fourth-order valence-corrected chi connectivity index (χ4v) is 4.37. The van der Waals surface area contributed by atoms with Crippen molar-refractivity contribution >= 4 is 11.8 Å². The Morgan fingerprint density at radius 1 is 1.07 bits per heavy atom. The van der Waals surface area contributed by atoms with Crippen LogP contribution in [0.4, 0.5) is 5.69 Å². The first-order valence-electron chi connectivity index (χ1n) is 10.2. The maximum atomic E-state index is 5.61. The molecule has 0 bridgehead atoms. The van der Waals surface area contributed by atoms with Crippen LogP contribution in [0, 0.1) is 0 Å². The van der Waals surface area contributed by atoms with Gasteiger partial charge in [0.1, 0.15) is 0 Å². The molecule has 0 aromatic heterocycles. The van der Waals surface area contributed by atoms with Crippen LogP contribution in [0.1, 0.15) is 29.5 Å². The maximum Gasteiger partial charge on any atom is 0.161 e. The minimum atomic E-state index is 0.519. The van der Waals surface area contributed by atoms with Gasteiger partial charge in [0.2, 0.25) is 0 Å². The highest BCUT2D eigenvalue weighted by Gasteiger charge is 2.29. The number of hydrogen-bond donors (Lipinski definition) is 0. The van der Waals surface area contributed by atoms with Crippen LogP contribution in [0.3, 0.4) is 0 Å². The Morgan fingerprint density at radius 3 is 2.59 bits per heavy atom. The van der Waals surface area contributed by atoms with E-state index in [1.54, 1.807) is 14.2 Å². The first-order valence-corrected chi connectivity index (χ1v) is 10.2. The molecule has 0 radical (unpaired) electrons. The standard InChI is InChI=1S/C24H30N2O3/c1-4-18-5-7-22-20(13-18)16-25(17-26(22)21-9-11-29-12-10-21)15-19-6-8-23(27-2)24(14-19)28-3/h4-8,13-14,21H,1,9-12,15-17H2,2-3H3. The van der Waals surface area contributed by atoms with Gasteiger partial charge in [-0.3, -0.25) is 4.90 Å². The van der Waals surface area contributed by atoms with Crippen molar-refractivity contribution < 1.29 is 14.2 Å². The van der Waals surface area contributed by atoms with Crippen molar-refractivity contribution in [3.63, 3.8) is 0 Å². The highest BCUT2D eigenvalue weighted by molar-refractivity contribution is 5.62. The van der Waals surface area contributed by atoms with E-state index < -0.39 is 0 Å². The molecule has 1 saturated heterocycles. The van der Waals surface area contributed by atoms with E-state index >= 15 is 0 Å². The molecule has 0 N–H and O–H groups in total. The number of methoxy groups -OCH3 is 2. The molecule has 2 heterocycles. The Hall–Kier alpha value is -2.50. The number of hydrogen-bond acceptors (Lipinski definition) is 5. The van der Waals surface area contributed by atoms with E-state index in [4.69, 9.17) is 14.2 Å². The van der Waals surface area contributed by atoms with Crippen molar-refractivity contribution in [2.75, 3.05) is 39.0 Å². The highest BCUT2D eigenvalue weighted by Crippen LogP contribution is 2.34. The van der Waals surface area contributed by atoms with Crippen LogP contribution in [-0.4, -0.2) is 45.0 Å². The minimum absolute atomic E-state index is 0.519. The molecule has 4 rings (SSSR count). The van der Waals surface area contributed by atoms with E-state index in [9.17, 15) is 0 Å². The first-order chi connectivity index (χ1) is 14.2. The van der Waals surface area contributed by atoms with Crippen LogP contribution in [0.25, 0.3) is 6.08 Å². The Kier molecular flexibility index (Phi) is 6.07. The predicted octanol–water partition coefficient (Wildman–Crippen LogP) is 4.31. The Bertz CT molecular complexity index is 861. The molecule has 0 amide bonds. The summed E-state index contributed by atoms with van der Waals surface area (Å²) in [5, 5.41) is 0. The average molecular weight is 395 g/mol. The molecule has 0 spiro atoms. The zero-order chi connectivity index (χ0) is 20.2. The summed E-state index contributed by atoms with van der Waals surface area (Å²) < 4.78 is 16.5. The lowest BCUT2D eigenvalue weighted by Crippen LogP contribution is -2.49. The van der Waals surface area contributed by atoms with E-state index in [1.165, 1.54) is 22.4 Å². The van der Waals surface area contributed by atoms with Crippen molar-refractivity contribution in [3.8, 4) is 11.5 Å². The molecule has 2 aliphatic rings. The number of rotatable bonds is 6. The molecule has 5 heteroatoms. The number of fused-ring (bicyclic) bond motifs is 1. The second kappa shape index (κ2) is 8.89. The molecule has 2 aliphatic heterocycles. The zero-order valence-electron chi connectivity index (χ0n) is 17.4. The monoisotopic (exact) mass is 394 g/mol. The van der Waals surface area contributed by atoms with E-state index in [0.717, 1.165) is 57.3 Å². The summed E-state index contributed by atoms with van der Waals surface area (Å²) in [6, 6.07) is 13.4. The quantitative estimate of drug-likeness (QED) is 0.730. The van der Waals surface area contributed by atoms with Gasteiger partial charge in [-0.15, -0.1) is 0 Å². The van der Waals surface area contributed by atoms with E-state index in [-0.39, 0.29) is 0 Å². The average Bonchev–Trinajstić information content (AvgIpc) is 2.78. The molecule has 0 aliphatic carbocycles. The van der Waals surface area contributed by atoms with Crippen molar-refractivity contribution in [3.05, 3.63) is 59.7 Å². The van der Waals surface area contributed by atoms with Gasteiger partial charge in [-0.05, 0) is 53.8 Å². The van der Waals surface area contributed by atoms with Gasteiger partial charge in [0.05, 0.1) is 20.9 Å². The Labute approximate surface area is 173 Å². The third-order valence-corrected chi connectivity index (χ3v) is 5.88. The molecule has 0 saturated carbocycles. The second-order valence-electron chi connectivity index (χ2n) is 7.72. The van der Waals surface area contributed by atoms with E-state index in [0.29, 0.717) is 6.04 Å². The van der Waals surface area contributed by atoms with Crippen LogP contribution >= 0.6 is 0 Å². The highest BCUT2D eigenvalue weighted by atomic mass is 16.5. The van der Waals surface area contributed by atoms with Crippen molar-refractivity contribution in [1.29, 1.82) is 0 Å². The molecule has 2 aromatic carbocycles. The lowest BCUT2D eigenvalue weighted by Gasteiger charge is -2.44. The van der Waals surface area contributed by atoms with Crippen LogP contribution in [-0.2, 0) is 17.8 Å². The smallest absolute Gasteiger partial charge is 0.161 e. The third kappa shape index (κ3) is 4.26. The van der Waals surface area contributed by atoms with Gasteiger partial charge in [0.15, 0.2) is 11.5 Å². The SMILES string of the molecule is C=Cc1ccc2c(c1)CN(Cc1ccc(OC)c(OC)c1)CN2C1CCOCC1. The first kappa shape index (κ1) is 19.8. The zero-order valence-corrected chi connectivity index (χ0v) is 17.4. The molecule has 1 fully saturated rings. The summed E-state index contributed by atoms with van der Waals surface area (Å²) in [7, 11) is 3.35. The van der Waals surface area contributed by atoms with E-state index in [2.05, 4.69) is 46.7 Å². The normalized spacial score (nSPS) is 17.7. The van der Waals surface area contributed by atoms with E-state index in [1.807, 2.05) is 12.1 Å². The van der Waals surface area contributed by atoms with Crippen LogP contribution < -0.4 is 14.4 Å². The van der Waals surface area contributed by atoms with Gasteiger partial charge in [0.25, 0.3) is 0 Å². The van der Waals surface area contributed by atoms with Gasteiger partial charge < -0.3 is 19.1 Å². The molecule has 29 heavy (non-hydrogen) atoms. The van der Waals surface area contributed by atoms with Gasteiger partial charge >= 0.3 is 0 Å². The number of nitrogens with zero attached hydrogens (tertiary/aromatic N) is 2. The number of benzene rings is 2. The summed E-state index contributed by atoms with van der Waals surface area (Å²) >= 11 is 0. The van der Waals surface area contributed by atoms with Gasteiger partial charge in [-0.2, -0.15) is 0 Å². The van der Waals surface area contributed by atoms with Gasteiger partial charge in [0, 0.05) is 38.0 Å². The summed E-state index contributed by atoms with van der Waals surface area (Å²) in [5.41, 5.74) is 5.10. The van der Waals surface area contributed by atoms with Gasteiger partial charge in [-0.25, -0.2) is 0 Å². The summed E-state index contributed by atoms with van der Waals surface area (Å²) in [4.78, 5) is 5.06. The third-order valence-electron chi connectivity index (χ3n) is 5.88. The largest absolute Gasteiger partial charge is 0.493 e. The molecule has 0 unspecified atom stereocenters. The summed E-state index contributed by atoms with van der Waals surface area (Å²) in [6.45, 7) is 8.33. The molecule has 0 atom stereocenters. The lowest BCUT2D eigenvalue weighted by atomic mass is 10.00. The molecule has 5 nitrogen and oxygen atoms in total. The molecular formula is C24H30N2O3. The maximum absolute atomic E-state index is 5.61. The molecule has 154 valence electrons. The lowest BCUT2D eigenvalue weighted by molar-refractivity contribution is 0.0793. The Morgan fingerprint density at radius 2 is 1.86 bits per heavy atom. The Balaban J connectivity index is 1.60. The summed E-state index contributed by atoms with van der Waals surface area (Å²) in [6.07, 6.45) is 4.08. The predicted molar refractivity (Wildman–Crippen MR) is 117 cm³/mol. The second-order valence-corrected chi connectivity index (χ2v) is 7.72. The van der Waals surface area contributed by atoms with Crippen molar-refractivity contribution in [1.82, 2.24) is 4.90 Å². The minimum Gasteiger partial charge on any atom is -0.493 e. The molecule has 2 aromatic rings.